The van der Waals surface area contributed by atoms with Crippen LogP contribution in [0.1, 0.15) is 0 Å². The minimum atomic E-state index is 0.914. The first-order valence-corrected chi connectivity index (χ1v) is 16.9. The maximum absolute atomic E-state index is 6.63. The van der Waals surface area contributed by atoms with Crippen molar-refractivity contribution in [1.82, 2.24) is 0 Å². The summed E-state index contributed by atoms with van der Waals surface area (Å²) >= 11 is 0. The Bertz CT molecular complexity index is 3100. The van der Waals surface area contributed by atoms with Crippen LogP contribution in [0.15, 0.2) is 174 Å². The highest BCUT2D eigenvalue weighted by atomic mass is 16.3. The topological polar surface area (TPSA) is 13.1 Å². The third kappa shape index (κ3) is 3.65. The molecule has 1 heteroatoms. The van der Waals surface area contributed by atoms with Crippen LogP contribution in [0.4, 0.5) is 0 Å². The van der Waals surface area contributed by atoms with E-state index >= 15 is 0 Å². The second-order valence-electron chi connectivity index (χ2n) is 13.1. The number of furan rings is 1. The second kappa shape index (κ2) is 10.0. The summed E-state index contributed by atoms with van der Waals surface area (Å²) in [6.45, 7) is 0. The highest BCUT2D eigenvalue weighted by Crippen LogP contribution is 2.49. The van der Waals surface area contributed by atoms with Gasteiger partial charge in [-0.3, -0.25) is 0 Å². The monoisotopic (exact) mass is 620 g/mol. The Kier molecular flexibility index (Phi) is 5.45. The van der Waals surface area contributed by atoms with E-state index in [-0.39, 0.29) is 0 Å². The fourth-order valence-corrected chi connectivity index (χ4v) is 8.63. The standard InChI is InChI=1S/C48H28O/c1-2-16-31-29(14-1)30-15-3-5-19-34(30)46-35-20-6-4-17-32(35)43(28-42(31)46)47-38-23-9-7-21-36(38)45(37-22-8-10-24-39(37)47)41-26-13-25-40-33-18-11-12-27-44(33)49-48(40)41/h1-28H. The number of rotatable bonds is 2. The van der Waals surface area contributed by atoms with Crippen molar-refractivity contribution in [2.24, 2.45) is 0 Å². The molecule has 0 saturated heterocycles. The Hall–Kier alpha value is -6.44. The van der Waals surface area contributed by atoms with Crippen molar-refractivity contribution in [2.75, 3.05) is 0 Å². The van der Waals surface area contributed by atoms with Gasteiger partial charge in [-0.15, -0.1) is 0 Å². The van der Waals surface area contributed by atoms with Crippen LogP contribution in [0.25, 0.3) is 109 Å². The molecule has 10 aromatic carbocycles. The van der Waals surface area contributed by atoms with Gasteiger partial charge < -0.3 is 4.42 Å². The Morgan fingerprint density at radius 3 is 1.29 bits per heavy atom. The first-order chi connectivity index (χ1) is 24.3. The lowest BCUT2D eigenvalue weighted by atomic mass is 9.82. The van der Waals surface area contributed by atoms with Crippen LogP contribution in [0, 0.1) is 0 Å². The Morgan fingerprint density at radius 1 is 0.265 bits per heavy atom. The number of para-hydroxylation sites is 2. The Labute approximate surface area is 282 Å². The van der Waals surface area contributed by atoms with Crippen LogP contribution < -0.4 is 0 Å². The molecular weight excluding hydrogens is 593 g/mol. The highest BCUT2D eigenvalue weighted by Gasteiger charge is 2.22. The minimum absolute atomic E-state index is 0.914. The van der Waals surface area contributed by atoms with E-state index < -0.39 is 0 Å². The van der Waals surface area contributed by atoms with Gasteiger partial charge >= 0.3 is 0 Å². The molecule has 0 aliphatic rings. The van der Waals surface area contributed by atoms with Gasteiger partial charge in [-0.25, -0.2) is 0 Å². The number of benzene rings is 10. The molecule has 0 atom stereocenters. The maximum Gasteiger partial charge on any atom is 0.143 e. The molecule has 226 valence electrons. The predicted octanol–water partition coefficient (Wildman–Crippen LogP) is 13.8. The van der Waals surface area contributed by atoms with Crippen LogP contribution >= 0.6 is 0 Å². The van der Waals surface area contributed by atoms with Crippen LogP contribution in [-0.2, 0) is 0 Å². The van der Waals surface area contributed by atoms with Gasteiger partial charge in [0, 0.05) is 21.9 Å². The number of hydrogen-bond donors (Lipinski definition) is 0. The molecule has 0 radical (unpaired) electrons. The largest absolute Gasteiger partial charge is 0.455 e. The predicted molar refractivity (Wildman–Crippen MR) is 210 cm³/mol. The molecule has 0 N–H and O–H groups in total. The zero-order valence-electron chi connectivity index (χ0n) is 26.6. The average molecular weight is 621 g/mol. The molecule has 0 fully saturated rings. The third-order valence-corrected chi connectivity index (χ3v) is 10.6. The van der Waals surface area contributed by atoms with E-state index in [0.717, 1.165) is 27.5 Å². The van der Waals surface area contributed by atoms with Gasteiger partial charge in [-0.05, 0) is 87.9 Å². The zero-order valence-corrected chi connectivity index (χ0v) is 26.6. The molecule has 1 nitrogen and oxygen atoms in total. The molecule has 0 spiro atoms. The summed E-state index contributed by atoms with van der Waals surface area (Å²) in [6.07, 6.45) is 0. The van der Waals surface area contributed by atoms with Crippen LogP contribution in [0.2, 0.25) is 0 Å². The van der Waals surface area contributed by atoms with Crippen molar-refractivity contribution >= 4 is 86.6 Å². The van der Waals surface area contributed by atoms with Crippen molar-refractivity contribution in [2.45, 2.75) is 0 Å². The van der Waals surface area contributed by atoms with Crippen molar-refractivity contribution in [1.29, 1.82) is 0 Å². The van der Waals surface area contributed by atoms with Gasteiger partial charge in [-0.2, -0.15) is 0 Å². The maximum atomic E-state index is 6.63. The molecule has 0 aliphatic heterocycles. The van der Waals surface area contributed by atoms with Gasteiger partial charge in [-0.1, -0.05) is 158 Å². The van der Waals surface area contributed by atoms with Crippen LogP contribution in [-0.4, -0.2) is 0 Å². The average Bonchev–Trinajstić information content (AvgIpc) is 3.56. The molecule has 0 bridgehead atoms. The molecule has 1 aromatic heterocycles. The number of fused-ring (bicyclic) bond motifs is 13. The van der Waals surface area contributed by atoms with E-state index in [9.17, 15) is 0 Å². The fraction of sp³-hybridized carbons (Fsp3) is 0. The molecule has 0 aliphatic carbocycles. The minimum Gasteiger partial charge on any atom is -0.455 e. The molecule has 1 heterocycles. The molecule has 11 rings (SSSR count). The van der Waals surface area contributed by atoms with Crippen molar-refractivity contribution in [3.05, 3.63) is 170 Å². The first kappa shape index (κ1) is 26.6. The van der Waals surface area contributed by atoms with Crippen LogP contribution in [0.3, 0.4) is 0 Å². The highest BCUT2D eigenvalue weighted by molar-refractivity contribution is 6.35. The summed E-state index contributed by atoms with van der Waals surface area (Å²) in [5.74, 6) is 0. The molecule has 49 heavy (non-hydrogen) atoms. The van der Waals surface area contributed by atoms with Gasteiger partial charge in [0.15, 0.2) is 0 Å². The van der Waals surface area contributed by atoms with Gasteiger partial charge in [0.1, 0.15) is 11.2 Å². The van der Waals surface area contributed by atoms with Crippen molar-refractivity contribution < 1.29 is 4.42 Å². The smallest absolute Gasteiger partial charge is 0.143 e. The first-order valence-electron chi connectivity index (χ1n) is 16.9. The fourth-order valence-electron chi connectivity index (χ4n) is 8.63. The van der Waals surface area contributed by atoms with E-state index in [0.29, 0.717) is 0 Å². The molecule has 0 unspecified atom stereocenters. The lowest BCUT2D eigenvalue weighted by Crippen LogP contribution is -1.93. The Morgan fingerprint density at radius 2 is 0.673 bits per heavy atom. The summed E-state index contributed by atoms with van der Waals surface area (Å²) in [6, 6.07) is 62.0. The number of hydrogen-bond acceptors (Lipinski definition) is 1. The quantitative estimate of drug-likeness (QED) is 0.138. The van der Waals surface area contributed by atoms with E-state index in [4.69, 9.17) is 4.42 Å². The van der Waals surface area contributed by atoms with Gasteiger partial charge in [0.25, 0.3) is 0 Å². The van der Waals surface area contributed by atoms with E-state index in [1.165, 1.54) is 81.3 Å². The summed E-state index contributed by atoms with van der Waals surface area (Å²) < 4.78 is 6.63. The SMILES string of the molecule is c1ccc2c(c1)oc1c(-c3c4ccccc4c(-c4cc5c6ccccc6c6ccccc6c5c5ccccc45)c4ccccc34)cccc12. The van der Waals surface area contributed by atoms with E-state index in [2.05, 4.69) is 164 Å². The summed E-state index contributed by atoms with van der Waals surface area (Å²) in [7, 11) is 0. The lowest BCUT2D eigenvalue weighted by molar-refractivity contribution is 0.670. The van der Waals surface area contributed by atoms with E-state index in [1.54, 1.807) is 0 Å². The molecule has 11 aromatic rings. The Balaban J connectivity index is 1.33. The second-order valence-corrected chi connectivity index (χ2v) is 13.1. The van der Waals surface area contributed by atoms with Gasteiger partial charge in [0.2, 0.25) is 0 Å². The normalized spacial score (nSPS) is 12.1. The zero-order chi connectivity index (χ0) is 32.1. The summed E-state index contributed by atoms with van der Waals surface area (Å²) in [5, 5.41) is 17.5. The molecular formula is C48H28O. The summed E-state index contributed by atoms with van der Waals surface area (Å²) in [4.78, 5) is 0. The third-order valence-electron chi connectivity index (χ3n) is 10.6. The molecule has 0 saturated carbocycles. The van der Waals surface area contributed by atoms with Crippen molar-refractivity contribution in [3.8, 4) is 22.3 Å². The van der Waals surface area contributed by atoms with Crippen molar-refractivity contribution in [3.63, 3.8) is 0 Å². The van der Waals surface area contributed by atoms with Crippen LogP contribution in [0.5, 0.6) is 0 Å². The lowest BCUT2D eigenvalue weighted by Gasteiger charge is -2.20. The van der Waals surface area contributed by atoms with Gasteiger partial charge in [0.05, 0.1) is 0 Å². The summed E-state index contributed by atoms with van der Waals surface area (Å²) in [5.41, 5.74) is 6.69. The molecule has 0 amide bonds. The van der Waals surface area contributed by atoms with E-state index in [1.807, 2.05) is 6.07 Å².